The molecule has 0 spiro atoms. The largest absolute Gasteiger partial charge is 0.297 e. The molecule has 0 aliphatic carbocycles. The maximum atomic E-state index is 4.29. The van der Waals surface area contributed by atoms with Crippen molar-refractivity contribution >= 4 is 6.21 Å². The third-order valence-electron chi connectivity index (χ3n) is 6.43. The standard InChI is InChI=1S/C8H16N3.C8H15N3.C7H15N4.C7H14N4/c2*1-6(2)8-5-11(7(3)4)10-9-8;2*1-5(2)7-8-10-11(9-7)6(3)4/h5-8H,1-4H3;2*5-7H,1-4H3;5-6H,1-4H3/q+1;;+1;. The highest BCUT2D eigenvalue weighted by molar-refractivity contribution is 5.60. The van der Waals surface area contributed by atoms with Crippen molar-refractivity contribution in [1.29, 1.82) is 0 Å². The molecule has 14 nitrogen and oxygen atoms in total. The number of hydrogen-bond donors (Lipinski definition) is 0. The predicted molar refractivity (Wildman–Crippen MR) is 173 cm³/mol. The lowest BCUT2D eigenvalue weighted by molar-refractivity contribution is -0.626. The first-order chi connectivity index (χ1) is 20.4. The van der Waals surface area contributed by atoms with Crippen LogP contribution in [0.15, 0.2) is 32.0 Å². The summed E-state index contributed by atoms with van der Waals surface area (Å²) in [4.78, 5) is 3.31. The van der Waals surface area contributed by atoms with Crippen molar-refractivity contribution in [3.63, 3.8) is 0 Å². The highest BCUT2D eigenvalue weighted by Gasteiger charge is 2.28. The predicted octanol–water partition coefficient (Wildman–Crippen LogP) is 7.47. The molecule has 0 aromatic carbocycles. The second-order valence-electron chi connectivity index (χ2n) is 13.5. The maximum absolute atomic E-state index is 4.29. The van der Waals surface area contributed by atoms with Crippen LogP contribution in [0.4, 0.5) is 0 Å². The number of nitrogens with zero attached hydrogens (tertiary/aromatic N) is 14. The number of azo groups is 1. The Morgan fingerprint density at radius 2 is 1.30 bits per heavy atom. The summed E-state index contributed by atoms with van der Waals surface area (Å²) < 4.78 is 3.81. The Hall–Kier alpha value is -3.32. The topological polar surface area (TPSA) is 142 Å². The summed E-state index contributed by atoms with van der Waals surface area (Å²) in [5.74, 6) is 2.66. The molecule has 0 N–H and O–H groups in total. The third-order valence-corrected chi connectivity index (χ3v) is 6.43. The van der Waals surface area contributed by atoms with Gasteiger partial charge in [-0.25, -0.2) is 4.68 Å². The zero-order chi connectivity index (χ0) is 33.7. The van der Waals surface area contributed by atoms with E-state index >= 15 is 0 Å². The average molecular weight is 617 g/mol. The number of rotatable bonds is 8. The molecular weight excluding hydrogens is 556 g/mol. The third kappa shape index (κ3) is 13.1. The zero-order valence-corrected chi connectivity index (χ0v) is 30.2. The van der Waals surface area contributed by atoms with Crippen LogP contribution in [-0.2, 0) is 0 Å². The van der Waals surface area contributed by atoms with Crippen molar-refractivity contribution in [2.24, 2.45) is 37.6 Å². The summed E-state index contributed by atoms with van der Waals surface area (Å²) in [5.41, 5.74) is 1.07. The quantitative estimate of drug-likeness (QED) is 0.283. The molecule has 2 aliphatic heterocycles. The van der Waals surface area contributed by atoms with Gasteiger partial charge in [-0.05, 0) is 76.4 Å². The first-order valence-corrected chi connectivity index (χ1v) is 16.1. The van der Waals surface area contributed by atoms with Gasteiger partial charge in [0.15, 0.2) is 11.0 Å². The molecule has 2 aliphatic rings. The molecule has 0 radical (unpaired) electrons. The van der Waals surface area contributed by atoms with Gasteiger partial charge in [-0.1, -0.05) is 60.6 Å². The summed E-state index contributed by atoms with van der Waals surface area (Å²) >= 11 is 0. The van der Waals surface area contributed by atoms with Crippen LogP contribution in [0.1, 0.15) is 146 Å². The summed E-state index contributed by atoms with van der Waals surface area (Å²) in [6.07, 6.45) is 4.14. The van der Waals surface area contributed by atoms with Crippen LogP contribution in [0.25, 0.3) is 0 Å². The van der Waals surface area contributed by atoms with Gasteiger partial charge in [0.05, 0.1) is 16.9 Å². The minimum Gasteiger partial charge on any atom is -0.250 e. The molecule has 0 saturated heterocycles. The fraction of sp³-hybridized carbons (Fsp3) is 0.867. The normalized spacial score (nSPS) is 17.5. The summed E-state index contributed by atoms with van der Waals surface area (Å²) in [5, 5.41) is 40.5. The Morgan fingerprint density at radius 1 is 0.659 bits per heavy atom. The van der Waals surface area contributed by atoms with Crippen LogP contribution in [0.3, 0.4) is 0 Å². The van der Waals surface area contributed by atoms with Crippen molar-refractivity contribution in [3.8, 4) is 0 Å². The molecule has 0 amide bonds. The van der Waals surface area contributed by atoms with Gasteiger partial charge >= 0.3 is 0 Å². The summed E-state index contributed by atoms with van der Waals surface area (Å²) in [6, 6.07) is 1.76. The second kappa shape index (κ2) is 18.5. The number of hydrogen-bond acceptors (Lipinski definition) is 10. The fourth-order valence-corrected chi connectivity index (χ4v) is 3.19. The van der Waals surface area contributed by atoms with Crippen LogP contribution in [-0.4, -0.2) is 75.2 Å². The molecule has 44 heavy (non-hydrogen) atoms. The molecule has 0 saturated carbocycles. The Kier molecular flexibility index (Phi) is 16.3. The molecular formula is C30H60N14+2. The van der Waals surface area contributed by atoms with Gasteiger partial charge in [0, 0.05) is 35.1 Å². The van der Waals surface area contributed by atoms with Crippen molar-refractivity contribution < 1.29 is 9.49 Å². The van der Waals surface area contributed by atoms with Crippen molar-refractivity contribution in [2.75, 3.05) is 0 Å². The van der Waals surface area contributed by atoms with Crippen LogP contribution in [0, 0.1) is 11.8 Å². The van der Waals surface area contributed by atoms with E-state index < -0.39 is 0 Å². The Balaban J connectivity index is 0.000000293. The molecule has 0 fully saturated rings. The van der Waals surface area contributed by atoms with Crippen molar-refractivity contribution in [3.05, 3.63) is 17.7 Å². The monoisotopic (exact) mass is 617 g/mol. The van der Waals surface area contributed by atoms with Gasteiger partial charge in [-0.3, -0.25) is 0 Å². The van der Waals surface area contributed by atoms with Crippen molar-refractivity contribution in [1.82, 2.24) is 35.2 Å². The molecule has 4 heterocycles. The van der Waals surface area contributed by atoms with Gasteiger partial charge in [0.2, 0.25) is 6.04 Å². The lowest BCUT2D eigenvalue weighted by atomic mass is 10.1. The first kappa shape index (κ1) is 38.7. The molecule has 2 unspecified atom stereocenters. The van der Waals surface area contributed by atoms with E-state index in [2.05, 4.69) is 141 Å². The Bertz CT molecular complexity index is 1070. The Morgan fingerprint density at radius 3 is 1.57 bits per heavy atom. The first-order valence-electron chi connectivity index (χ1n) is 16.1. The van der Waals surface area contributed by atoms with Crippen LogP contribution in [0.5, 0.6) is 0 Å². The summed E-state index contributed by atoms with van der Waals surface area (Å²) in [6.45, 7) is 33.4. The average Bonchev–Trinajstić information content (AvgIpc) is 3.76. The van der Waals surface area contributed by atoms with Crippen LogP contribution >= 0.6 is 0 Å². The fourth-order valence-electron chi connectivity index (χ4n) is 3.19. The SMILES string of the molecule is CC(C)C1C=[N+](C(C)C)N=N1.CC(C)C1N=N[N+](C(C)C)=N1.CC(C)c1cn(C(C)C)nn1.CC(C)c1nnn(C(C)C)n1. The molecule has 248 valence electrons. The van der Waals surface area contributed by atoms with E-state index in [1.165, 1.54) is 0 Å². The van der Waals surface area contributed by atoms with Gasteiger partial charge in [-0.15, -0.1) is 20.0 Å². The molecule has 0 bridgehead atoms. The van der Waals surface area contributed by atoms with E-state index in [1.54, 1.807) is 9.60 Å². The zero-order valence-electron chi connectivity index (χ0n) is 30.2. The Labute approximate surface area is 265 Å². The van der Waals surface area contributed by atoms with E-state index in [-0.39, 0.29) is 12.2 Å². The molecule has 2 aromatic rings. The van der Waals surface area contributed by atoms with Gasteiger partial charge in [0.1, 0.15) is 23.5 Å². The summed E-state index contributed by atoms with van der Waals surface area (Å²) in [7, 11) is 0. The minimum atomic E-state index is 0.0393. The number of aromatic nitrogens is 7. The van der Waals surface area contributed by atoms with E-state index in [1.807, 2.05) is 43.3 Å². The van der Waals surface area contributed by atoms with E-state index in [0.717, 1.165) is 11.5 Å². The van der Waals surface area contributed by atoms with E-state index in [4.69, 9.17) is 0 Å². The molecule has 4 rings (SSSR count). The van der Waals surface area contributed by atoms with Gasteiger partial charge in [0.25, 0.3) is 6.17 Å². The lowest BCUT2D eigenvalue weighted by Crippen LogP contribution is -2.18. The highest BCUT2D eigenvalue weighted by Crippen LogP contribution is 2.15. The molecule has 2 atom stereocenters. The van der Waals surface area contributed by atoms with Crippen LogP contribution < -0.4 is 0 Å². The number of tetrazole rings is 1. The highest BCUT2D eigenvalue weighted by atomic mass is 15.7. The molecule has 2 aromatic heterocycles. The minimum absolute atomic E-state index is 0.0393. The lowest BCUT2D eigenvalue weighted by Gasteiger charge is -2.01. The van der Waals surface area contributed by atoms with E-state index in [0.29, 0.717) is 47.8 Å². The van der Waals surface area contributed by atoms with Gasteiger partial charge in [-0.2, -0.15) is 4.80 Å². The van der Waals surface area contributed by atoms with Gasteiger partial charge < -0.3 is 0 Å². The van der Waals surface area contributed by atoms with Crippen LogP contribution in [0.2, 0.25) is 0 Å². The maximum Gasteiger partial charge on any atom is 0.297 e. The second-order valence-corrected chi connectivity index (χ2v) is 13.5. The smallest absolute Gasteiger partial charge is 0.250 e. The molecule has 14 heteroatoms. The van der Waals surface area contributed by atoms with Crippen molar-refractivity contribution in [2.45, 2.75) is 159 Å². The van der Waals surface area contributed by atoms with E-state index in [9.17, 15) is 0 Å².